The fourth-order valence-corrected chi connectivity index (χ4v) is 7.21. The van der Waals surface area contributed by atoms with Crippen LogP contribution in [0.1, 0.15) is 271 Å². The molecule has 0 heterocycles. The lowest BCUT2D eigenvalue weighted by Gasteiger charge is -2.18. The second-order valence-electron chi connectivity index (χ2n) is 16.4. The second kappa shape index (κ2) is 44.1. The number of hydrogen-bond donors (Lipinski definition) is 0. The molecule has 0 aromatic heterocycles. The monoisotopic (exact) mass is 765 g/mol. The Labute approximate surface area is 336 Å². The summed E-state index contributed by atoms with van der Waals surface area (Å²) in [5.41, 5.74) is 0. The van der Waals surface area contributed by atoms with E-state index in [-0.39, 0.29) is 31.1 Å². The third-order valence-corrected chi connectivity index (χ3v) is 10.9. The number of hydrogen-bond acceptors (Lipinski definition) is 6. The van der Waals surface area contributed by atoms with Gasteiger partial charge in [-0.25, -0.2) is 0 Å². The molecule has 0 radical (unpaired) electrons. The highest BCUT2D eigenvalue weighted by atomic mass is 16.6. The summed E-state index contributed by atoms with van der Waals surface area (Å²) in [6.45, 7) is 6.58. The van der Waals surface area contributed by atoms with Crippen LogP contribution in [0, 0.1) is 0 Å². The molecule has 320 valence electrons. The topological polar surface area (TPSA) is 78.9 Å². The average molecular weight is 765 g/mol. The predicted molar refractivity (Wildman–Crippen MR) is 229 cm³/mol. The van der Waals surface area contributed by atoms with Gasteiger partial charge in [0.05, 0.1) is 0 Å². The molecule has 6 nitrogen and oxygen atoms in total. The number of ether oxygens (including phenoxy) is 3. The first kappa shape index (κ1) is 52.4. The Hall–Kier alpha value is -1.59. The normalized spacial score (nSPS) is 11.8. The Morgan fingerprint density at radius 1 is 0.296 bits per heavy atom. The van der Waals surface area contributed by atoms with Gasteiger partial charge in [0.2, 0.25) is 0 Å². The first-order valence-corrected chi connectivity index (χ1v) is 24.0. The van der Waals surface area contributed by atoms with Crippen molar-refractivity contribution in [2.75, 3.05) is 13.2 Å². The molecule has 0 amide bonds. The lowest BCUT2D eigenvalue weighted by molar-refractivity contribution is -0.167. The van der Waals surface area contributed by atoms with Gasteiger partial charge in [0.25, 0.3) is 0 Å². The van der Waals surface area contributed by atoms with Crippen molar-refractivity contribution < 1.29 is 28.6 Å². The van der Waals surface area contributed by atoms with E-state index < -0.39 is 6.10 Å². The van der Waals surface area contributed by atoms with Crippen molar-refractivity contribution in [1.82, 2.24) is 0 Å². The average Bonchev–Trinajstić information content (AvgIpc) is 3.17. The molecule has 0 aliphatic carbocycles. The molecule has 0 aromatic carbocycles. The highest BCUT2D eigenvalue weighted by molar-refractivity contribution is 5.71. The van der Waals surface area contributed by atoms with Crippen molar-refractivity contribution >= 4 is 17.9 Å². The van der Waals surface area contributed by atoms with Gasteiger partial charge in [-0.2, -0.15) is 0 Å². The lowest BCUT2D eigenvalue weighted by atomic mass is 10.0. The summed E-state index contributed by atoms with van der Waals surface area (Å²) in [6, 6.07) is 0. The fraction of sp³-hybridized carbons (Fsp3) is 0.938. The second-order valence-corrected chi connectivity index (χ2v) is 16.4. The van der Waals surface area contributed by atoms with Gasteiger partial charge >= 0.3 is 17.9 Å². The summed E-state index contributed by atoms with van der Waals surface area (Å²) in [4.78, 5) is 37.5. The Balaban J connectivity index is 4.09. The third-order valence-electron chi connectivity index (χ3n) is 10.9. The van der Waals surface area contributed by atoms with E-state index in [9.17, 15) is 14.4 Å². The molecule has 0 saturated heterocycles. The maximum absolute atomic E-state index is 12.7. The molecule has 0 spiro atoms. The van der Waals surface area contributed by atoms with Crippen LogP contribution in [0.25, 0.3) is 0 Å². The molecule has 0 bridgehead atoms. The van der Waals surface area contributed by atoms with Crippen molar-refractivity contribution in [3.8, 4) is 0 Å². The minimum Gasteiger partial charge on any atom is -0.462 e. The summed E-state index contributed by atoms with van der Waals surface area (Å²) >= 11 is 0. The summed E-state index contributed by atoms with van der Waals surface area (Å²) in [6.07, 6.45) is 45.5. The first-order chi connectivity index (χ1) is 26.5. The Morgan fingerprint density at radius 3 is 0.741 bits per heavy atom. The van der Waals surface area contributed by atoms with Gasteiger partial charge in [-0.05, 0) is 19.3 Å². The quantitative estimate of drug-likeness (QED) is 0.0349. The zero-order valence-electron chi connectivity index (χ0n) is 36.5. The number of carbonyl (C=O) groups excluding carboxylic acids is 3. The molecule has 54 heavy (non-hydrogen) atoms. The predicted octanol–water partition coefficient (Wildman–Crippen LogP) is 15.3. The van der Waals surface area contributed by atoms with Crippen molar-refractivity contribution in [3.63, 3.8) is 0 Å². The van der Waals surface area contributed by atoms with Gasteiger partial charge < -0.3 is 14.2 Å². The molecule has 0 aliphatic heterocycles. The number of rotatable bonds is 44. The van der Waals surface area contributed by atoms with E-state index in [4.69, 9.17) is 14.2 Å². The summed E-state index contributed by atoms with van der Waals surface area (Å²) in [7, 11) is 0. The van der Waals surface area contributed by atoms with E-state index in [0.717, 1.165) is 64.2 Å². The van der Waals surface area contributed by atoms with Crippen molar-refractivity contribution in [2.24, 2.45) is 0 Å². The summed E-state index contributed by atoms with van der Waals surface area (Å²) in [5, 5.41) is 0. The van der Waals surface area contributed by atoms with E-state index >= 15 is 0 Å². The van der Waals surface area contributed by atoms with Crippen LogP contribution in [0.5, 0.6) is 0 Å². The number of esters is 3. The SMILES string of the molecule is CCCCCCCCCCCCCCCCCCCCCC(=O)OC[C@H](COC(=O)CCCCCCC)OC(=O)CCCCCCCCCCCCCC. The third kappa shape index (κ3) is 41.6. The molecule has 0 aliphatic rings. The Morgan fingerprint density at radius 2 is 0.500 bits per heavy atom. The molecule has 0 rings (SSSR count). The highest BCUT2D eigenvalue weighted by Crippen LogP contribution is 2.16. The maximum Gasteiger partial charge on any atom is 0.306 e. The van der Waals surface area contributed by atoms with Crippen molar-refractivity contribution in [3.05, 3.63) is 0 Å². The van der Waals surface area contributed by atoms with E-state index in [2.05, 4.69) is 20.8 Å². The molecule has 0 aromatic rings. The van der Waals surface area contributed by atoms with Crippen molar-refractivity contribution in [1.29, 1.82) is 0 Å². The van der Waals surface area contributed by atoms with Crippen LogP contribution in [0.3, 0.4) is 0 Å². The van der Waals surface area contributed by atoms with Crippen LogP contribution in [-0.2, 0) is 28.6 Å². The fourth-order valence-electron chi connectivity index (χ4n) is 7.21. The Kier molecular flexibility index (Phi) is 42.8. The van der Waals surface area contributed by atoms with Crippen LogP contribution < -0.4 is 0 Å². The highest BCUT2D eigenvalue weighted by Gasteiger charge is 2.19. The maximum atomic E-state index is 12.7. The Bertz CT molecular complexity index is 798. The molecule has 0 saturated carbocycles. The van der Waals surface area contributed by atoms with Gasteiger partial charge in [-0.15, -0.1) is 0 Å². The minimum absolute atomic E-state index is 0.0636. The zero-order chi connectivity index (χ0) is 39.4. The van der Waals surface area contributed by atoms with Gasteiger partial charge in [0, 0.05) is 19.3 Å². The van der Waals surface area contributed by atoms with Gasteiger partial charge in [0.1, 0.15) is 13.2 Å². The van der Waals surface area contributed by atoms with Crippen LogP contribution in [-0.4, -0.2) is 37.2 Å². The van der Waals surface area contributed by atoms with E-state index in [1.54, 1.807) is 0 Å². The van der Waals surface area contributed by atoms with Gasteiger partial charge in [-0.3, -0.25) is 14.4 Å². The molecular weight excluding hydrogens is 673 g/mol. The van der Waals surface area contributed by atoms with E-state index in [1.807, 2.05) is 0 Å². The number of carbonyl (C=O) groups is 3. The molecule has 0 fully saturated rings. The van der Waals surface area contributed by atoms with Crippen LogP contribution >= 0.6 is 0 Å². The number of unbranched alkanes of at least 4 members (excludes halogenated alkanes) is 33. The lowest BCUT2D eigenvalue weighted by Crippen LogP contribution is -2.30. The molecule has 6 heteroatoms. The molecule has 0 unspecified atom stereocenters. The zero-order valence-corrected chi connectivity index (χ0v) is 36.5. The standard InChI is InChI=1S/C48H92O6/c1-4-7-10-13-15-17-19-21-22-23-24-25-26-27-29-30-32-35-38-41-47(50)53-44-45(43-52-46(49)40-37-34-12-9-6-3)54-48(51)42-39-36-33-31-28-20-18-16-14-11-8-5-2/h45H,4-44H2,1-3H3/t45-/m0/s1. The first-order valence-electron chi connectivity index (χ1n) is 24.0. The van der Waals surface area contributed by atoms with Crippen LogP contribution in [0.2, 0.25) is 0 Å². The molecule has 0 N–H and O–H groups in total. The molecular formula is C48H92O6. The van der Waals surface area contributed by atoms with Crippen LogP contribution in [0.4, 0.5) is 0 Å². The van der Waals surface area contributed by atoms with E-state index in [1.165, 1.54) is 167 Å². The van der Waals surface area contributed by atoms with Gasteiger partial charge in [-0.1, -0.05) is 233 Å². The minimum atomic E-state index is -0.757. The van der Waals surface area contributed by atoms with Crippen LogP contribution in [0.15, 0.2) is 0 Å². The molecule has 1 atom stereocenters. The van der Waals surface area contributed by atoms with Crippen molar-refractivity contribution in [2.45, 2.75) is 277 Å². The van der Waals surface area contributed by atoms with E-state index in [0.29, 0.717) is 19.3 Å². The smallest absolute Gasteiger partial charge is 0.306 e. The van der Waals surface area contributed by atoms with Gasteiger partial charge in [0.15, 0.2) is 6.10 Å². The largest absolute Gasteiger partial charge is 0.462 e. The summed E-state index contributed by atoms with van der Waals surface area (Å²) in [5.74, 6) is -0.863. The summed E-state index contributed by atoms with van der Waals surface area (Å²) < 4.78 is 16.6.